The maximum absolute atomic E-state index is 6.29. The fourth-order valence-electron chi connectivity index (χ4n) is 7.62. The number of benzene rings is 4. The van der Waals surface area contributed by atoms with Gasteiger partial charge in [-0.2, -0.15) is 0 Å². The van der Waals surface area contributed by atoms with Crippen LogP contribution < -0.4 is 30.7 Å². The van der Waals surface area contributed by atoms with Crippen LogP contribution >= 0.6 is 15.8 Å². The van der Waals surface area contributed by atoms with Crippen LogP contribution in [-0.4, -0.2) is 26.0 Å². The van der Waals surface area contributed by atoms with Crippen molar-refractivity contribution in [2.75, 3.05) is 20.4 Å². The topological polar surface area (TPSA) is 18.5 Å². The van der Waals surface area contributed by atoms with Gasteiger partial charge in [0.1, 0.15) is 11.5 Å². The minimum absolute atomic E-state index is 0.109. The highest BCUT2D eigenvalue weighted by Gasteiger charge is 2.36. The molecule has 1 aliphatic rings. The highest BCUT2D eigenvalue weighted by atomic mass is 31.1. The van der Waals surface area contributed by atoms with E-state index < -0.39 is 15.8 Å². The van der Waals surface area contributed by atoms with Crippen LogP contribution in [0.15, 0.2) is 120 Å². The molecule has 0 radical (unpaired) electrons. The van der Waals surface area contributed by atoms with Gasteiger partial charge >= 0.3 is 0 Å². The van der Waals surface area contributed by atoms with Crippen molar-refractivity contribution in [1.82, 2.24) is 0 Å². The van der Waals surface area contributed by atoms with E-state index in [2.05, 4.69) is 199 Å². The Labute approximate surface area is 337 Å². The van der Waals surface area contributed by atoms with Gasteiger partial charge in [-0.1, -0.05) is 174 Å². The van der Waals surface area contributed by atoms with E-state index in [1.807, 2.05) is 14.2 Å². The Bertz CT molecular complexity index is 1850. The van der Waals surface area contributed by atoms with Gasteiger partial charge in [-0.25, -0.2) is 0 Å². The molecule has 2 nitrogen and oxygen atoms in total. The Morgan fingerprint density at radius 3 is 1.25 bits per heavy atom. The van der Waals surface area contributed by atoms with Crippen LogP contribution in [0.4, 0.5) is 0 Å². The predicted molar refractivity (Wildman–Crippen MR) is 246 cm³/mol. The molecule has 0 fully saturated rings. The van der Waals surface area contributed by atoms with Crippen LogP contribution in [-0.2, 0) is 21.7 Å². The summed E-state index contributed by atoms with van der Waals surface area (Å²) in [5.74, 6) is 2.03. The van der Waals surface area contributed by atoms with Gasteiger partial charge in [0.05, 0.1) is 14.2 Å². The second-order valence-corrected chi connectivity index (χ2v) is 23.8. The SMILES string of the molecule is COc1c(C(C)(C)C)cc(P(c2cc(C(C)(C)C)c(OC)c(C(C)(C)C)c2)C2C=CC=C2/C=C(/C)CP(c2ccccc2)c2ccccc2)cc1C(C)(C)C. The van der Waals surface area contributed by atoms with E-state index in [1.165, 1.54) is 54.6 Å². The van der Waals surface area contributed by atoms with E-state index in [4.69, 9.17) is 9.47 Å². The molecule has 0 heterocycles. The van der Waals surface area contributed by atoms with Crippen molar-refractivity contribution in [2.24, 2.45) is 0 Å². The van der Waals surface area contributed by atoms with E-state index in [1.54, 1.807) is 0 Å². The second-order valence-electron chi connectivity index (χ2n) is 19.3. The third-order valence-corrected chi connectivity index (χ3v) is 15.8. The molecular formula is C51H66O2P2. The molecule has 5 rings (SSSR count). The molecule has 0 spiro atoms. The lowest BCUT2D eigenvalue weighted by Crippen LogP contribution is -2.29. The van der Waals surface area contributed by atoms with Crippen LogP contribution in [0.5, 0.6) is 11.5 Å². The molecule has 4 aromatic carbocycles. The molecule has 4 heteroatoms. The first-order valence-electron chi connectivity index (χ1n) is 19.8. The zero-order valence-corrected chi connectivity index (χ0v) is 38.2. The number of hydrogen-bond acceptors (Lipinski definition) is 2. The molecule has 0 bridgehead atoms. The summed E-state index contributed by atoms with van der Waals surface area (Å²) < 4.78 is 12.6. The minimum Gasteiger partial charge on any atom is -0.496 e. The standard InChI is InChI=1S/C51H66O2P2/c1-35(34-54(37-24-18-16-19-25-37)38-26-20-17-21-27-38)29-36-23-22-28-45(36)55(39-30-41(48(2,3)4)46(52-14)42(31-39)49(5,6)7)40-32-43(50(8,9)10)47(53-15)44(33-40)51(11,12)13/h16-33,45H,34H2,1-15H3/b35-29-. The van der Waals surface area contributed by atoms with E-state index >= 15 is 0 Å². The van der Waals surface area contributed by atoms with Crippen molar-refractivity contribution < 1.29 is 9.47 Å². The van der Waals surface area contributed by atoms with E-state index in [-0.39, 0.29) is 27.3 Å². The van der Waals surface area contributed by atoms with Gasteiger partial charge in [-0.3, -0.25) is 0 Å². The molecule has 0 saturated heterocycles. The maximum atomic E-state index is 6.29. The van der Waals surface area contributed by atoms with Crippen LogP contribution in [0, 0.1) is 0 Å². The molecule has 0 aromatic heterocycles. The molecule has 0 aliphatic heterocycles. The lowest BCUT2D eigenvalue weighted by atomic mass is 9.79. The molecular weight excluding hydrogens is 707 g/mol. The van der Waals surface area contributed by atoms with Crippen molar-refractivity contribution >= 4 is 37.1 Å². The van der Waals surface area contributed by atoms with Crippen LogP contribution in [0.1, 0.15) is 112 Å². The Morgan fingerprint density at radius 1 is 0.564 bits per heavy atom. The summed E-state index contributed by atoms with van der Waals surface area (Å²) in [5, 5.41) is 5.61. The number of rotatable bonds is 10. The Morgan fingerprint density at radius 2 is 0.927 bits per heavy atom. The Hall–Kier alpha value is -3.44. The van der Waals surface area contributed by atoms with Gasteiger partial charge in [-0.15, -0.1) is 0 Å². The summed E-state index contributed by atoms with van der Waals surface area (Å²) in [6.45, 7) is 30.1. The number of allylic oxidation sites excluding steroid dienone is 6. The quantitative estimate of drug-likeness (QED) is 0.150. The first-order chi connectivity index (χ1) is 25.6. The van der Waals surface area contributed by atoms with Crippen LogP contribution in [0.25, 0.3) is 0 Å². The van der Waals surface area contributed by atoms with Gasteiger partial charge < -0.3 is 9.47 Å². The predicted octanol–water partition coefficient (Wildman–Crippen LogP) is 12.3. The van der Waals surface area contributed by atoms with Crippen molar-refractivity contribution in [3.63, 3.8) is 0 Å². The highest BCUT2D eigenvalue weighted by Crippen LogP contribution is 2.52. The van der Waals surface area contributed by atoms with Crippen molar-refractivity contribution in [2.45, 2.75) is 117 Å². The normalized spacial score (nSPS) is 15.5. The van der Waals surface area contributed by atoms with Crippen LogP contribution in [0.2, 0.25) is 0 Å². The zero-order chi connectivity index (χ0) is 40.5. The monoisotopic (exact) mass is 772 g/mol. The molecule has 292 valence electrons. The van der Waals surface area contributed by atoms with Crippen molar-refractivity contribution in [1.29, 1.82) is 0 Å². The average Bonchev–Trinajstić information content (AvgIpc) is 3.56. The molecule has 0 N–H and O–H groups in total. The lowest BCUT2D eigenvalue weighted by molar-refractivity contribution is 0.381. The molecule has 1 unspecified atom stereocenters. The third kappa shape index (κ3) is 9.75. The number of ether oxygens (including phenoxy) is 2. The van der Waals surface area contributed by atoms with Gasteiger partial charge in [0.2, 0.25) is 0 Å². The molecule has 1 atom stereocenters. The summed E-state index contributed by atoms with van der Waals surface area (Å²) in [5.41, 5.74) is 7.62. The number of methoxy groups -OCH3 is 2. The largest absolute Gasteiger partial charge is 0.496 e. The number of hydrogen-bond donors (Lipinski definition) is 0. The summed E-state index contributed by atoms with van der Waals surface area (Å²) >= 11 is 0. The second kappa shape index (κ2) is 16.6. The lowest BCUT2D eigenvalue weighted by Gasteiger charge is -2.35. The maximum Gasteiger partial charge on any atom is 0.126 e. The van der Waals surface area contributed by atoms with E-state index in [0.717, 1.165) is 17.7 Å². The molecule has 4 aromatic rings. The van der Waals surface area contributed by atoms with Gasteiger partial charge in [0.15, 0.2) is 0 Å². The molecule has 0 amide bonds. The summed E-state index contributed by atoms with van der Waals surface area (Å²) in [4.78, 5) is 0. The minimum atomic E-state index is -0.924. The summed E-state index contributed by atoms with van der Waals surface area (Å²) in [7, 11) is 2.21. The van der Waals surface area contributed by atoms with Crippen molar-refractivity contribution in [3.05, 3.63) is 143 Å². The Balaban J connectivity index is 1.76. The Kier molecular flexibility index (Phi) is 12.9. The summed E-state index contributed by atoms with van der Waals surface area (Å²) in [6.07, 6.45) is 10.7. The van der Waals surface area contributed by atoms with E-state index in [0.29, 0.717) is 0 Å². The molecule has 0 saturated carbocycles. The molecule has 1 aliphatic carbocycles. The zero-order valence-electron chi connectivity index (χ0n) is 36.4. The van der Waals surface area contributed by atoms with Gasteiger partial charge in [0, 0.05) is 27.9 Å². The van der Waals surface area contributed by atoms with E-state index in [9.17, 15) is 0 Å². The smallest absolute Gasteiger partial charge is 0.126 e. The fraction of sp³-hybridized carbons (Fsp3) is 0.412. The van der Waals surface area contributed by atoms with Gasteiger partial charge in [-0.05, 0) is 102 Å². The average molecular weight is 773 g/mol. The highest BCUT2D eigenvalue weighted by molar-refractivity contribution is 7.74. The first-order valence-corrected chi connectivity index (χ1v) is 22.8. The first kappa shape index (κ1) is 42.7. The summed E-state index contributed by atoms with van der Waals surface area (Å²) in [6, 6.07) is 32.1. The van der Waals surface area contributed by atoms with Crippen molar-refractivity contribution in [3.8, 4) is 11.5 Å². The molecule has 55 heavy (non-hydrogen) atoms. The van der Waals surface area contributed by atoms with Gasteiger partial charge in [0.25, 0.3) is 0 Å². The fourth-order valence-corrected chi connectivity index (χ4v) is 12.7. The third-order valence-electron chi connectivity index (χ3n) is 10.5. The van der Waals surface area contributed by atoms with Crippen LogP contribution in [0.3, 0.4) is 0 Å².